The largest absolute Gasteiger partial charge is 0.326 e. The van der Waals surface area contributed by atoms with Gasteiger partial charge in [0, 0.05) is 22.8 Å². The van der Waals surface area contributed by atoms with Crippen LogP contribution < -0.4 is 21.5 Å². The van der Waals surface area contributed by atoms with E-state index >= 15 is 0 Å². The second-order valence-corrected chi connectivity index (χ2v) is 7.86. The van der Waals surface area contributed by atoms with Gasteiger partial charge >= 0.3 is 0 Å². The van der Waals surface area contributed by atoms with Gasteiger partial charge in [-0.2, -0.15) is 4.98 Å². The van der Waals surface area contributed by atoms with E-state index in [0.29, 0.717) is 16.4 Å². The Morgan fingerprint density at radius 3 is 2.61 bits per heavy atom. The molecule has 1 atom stereocenters. The highest BCUT2D eigenvalue weighted by atomic mass is 35.5. The first-order valence-corrected chi connectivity index (χ1v) is 10.0. The lowest BCUT2D eigenvalue weighted by Crippen LogP contribution is -2.36. The van der Waals surface area contributed by atoms with Gasteiger partial charge in [0.2, 0.25) is 17.8 Å². The normalized spacial score (nSPS) is 15.1. The fourth-order valence-electron chi connectivity index (χ4n) is 3.41. The number of hydrogen-bond acceptors (Lipinski definition) is 5. The third kappa shape index (κ3) is 4.44. The molecule has 0 fully saturated rings. The molecule has 0 saturated heterocycles. The third-order valence-corrected chi connectivity index (χ3v) is 5.28. The summed E-state index contributed by atoms with van der Waals surface area (Å²) in [7, 11) is 0. The lowest BCUT2D eigenvalue weighted by atomic mass is 9.92. The van der Waals surface area contributed by atoms with E-state index in [1.165, 1.54) is 0 Å². The molecule has 4 N–H and O–H groups in total. The average Bonchev–Trinajstić information content (AvgIpc) is 2.71. The molecule has 2 amide bonds. The number of fused-ring (bicyclic) bond motifs is 1. The van der Waals surface area contributed by atoms with Crippen LogP contribution in [0.4, 0.5) is 23.1 Å². The minimum Gasteiger partial charge on any atom is -0.326 e. The van der Waals surface area contributed by atoms with E-state index in [-0.39, 0.29) is 29.7 Å². The van der Waals surface area contributed by atoms with Crippen molar-refractivity contribution in [3.05, 3.63) is 74.5 Å². The second-order valence-electron chi connectivity index (χ2n) is 7.42. The quantitative estimate of drug-likeness (QED) is 0.494. The first-order valence-electron chi connectivity index (χ1n) is 9.65. The molecule has 0 spiro atoms. The van der Waals surface area contributed by atoms with Crippen molar-refractivity contribution in [3.8, 4) is 0 Å². The fourth-order valence-corrected chi connectivity index (χ4v) is 3.54. The number of halogens is 1. The molecule has 1 aliphatic heterocycles. The number of carbonyl (C=O) groups excluding carboxylic acids is 2. The molecule has 31 heavy (non-hydrogen) atoms. The van der Waals surface area contributed by atoms with Crippen LogP contribution in [0.5, 0.6) is 0 Å². The summed E-state index contributed by atoms with van der Waals surface area (Å²) >= 11 is 5.89. The number of amides is 2. The Bertz CT molecular complexity index is 1240. The third-order valence-electron chi connectivity index (χ3n) is 5.03. The van der Waals surface area contributed by atoms with E-state index in [1.807, 2.05) is 32.0 Å². The number of nitrogens with zero attached hydrogens (tertiary/aromatic N) is 1. The molecule has 2 heterocycles. The number of aromatic nitrogens is 2. The van der Waals surface area contributed by atoms with Crippen LogP contribution in [-0.4, -0.2) is 21.8 Å². The Hall–Kier alpha value is -3.65. The van der Waals surface area contributed by atoms with Crippen molar-refractivity contribution in [2.45, 2.75) is 26.2 Å². The van der Waals surface area contributed by atoms with Gasteiger partial charge in [-0.05, 0) is 55.3 Å². The van der Waals surface area contributed by atoms with Gasteiger partial charge in [0.25, 0.3) is 5.56 Å². The van der Waals surface area contributed by atoms with Crippen molar-refractivity contribution in [2.75, 3.05) is 16.0 Å². The maximum Gasteiger partial charge on any atom is 0.258 e. The number of carbonyl (C=O) groups is 2. The maximum atomic E-state index is 13.0. The lowest BCUT2D eigenvalue weighted by Gasteiger charge is -2.24. The molecule has 0 unspecified atom stereocenters. The van der Waals surface area contributed by atoms with Crippen LogP contribution >= 0.6 is 11.6 Å². The predicted octanol–water partition coefficient (Wildman–Crippen LogP) is 3.85. The molecule has 0 radical (unpaired) electrons. The van der Waals surface area contributed by atoms with Crippen molar-refractivity contribution < 1.29 is 9.59 Å². The van der Waals surface area contributed by atoms with E-state index in [4.69, 9.17) is 11.6 Å². The molecule has 0 bridgehead atoms. The molecule has 1 aromatic heterocycles. The molecule has 8 nitrogen and oxygen atoms in total. The van der Waals surface area contributed by atoms with Gasteiger partial charge < -0.3 is 16.0 Å². The molecular formula is C22H20ClN5O3. The Labute approximate surface area is 183 Å². The van der Waals surface area contributed by atoms with E-state index < -0.39 is 17.4 Å². The van der Waals surface area contributed by atoms with Crippen LogP contribution in [0.15, 0.2) is 47.3 Å². The Morgan fingerprint density at radius 2 is 1.87 bits per heavy atom. The summed E-state index contributed by atoms with van der Waals surface area (Å²) in [5.41, 5.74) is 2.79. The molecule has 0 saturated carbocycles. The molecule has 1 aliphatic rings. The van der Waals surface area contributed by atoms with Gasteiger partial charge in [0.05, 0.1) is 11.5 Å². The summed E-state index contributed by atoms with van der Waals surface area (Å²) in [4.78, 5) is 45.0. The van der Waals surface area contributed by atoms with Crippen LogP contribution in [0.3, 0.4) is 0 Å². The molecule has 4 rings (SSSR count). The number of H-pyrrole nitrogens is 1. The summed E-state index contributed by atoms with van der Waals surface area (Å²) in [6.07, 6.45) is -0.140. The monoisotopic (exact) mass is 437 g/mol. The van der Waals surface area contributed by atoms with Gasteiger partial charge in [-0.25, -0.2) is 0 Å². The highest BCUT2D eigenvalue weighted by molar-refractivity contribution is 6.30. The standard InChI is InChI=1S/C22H20ClN5O3/c1-11-3-4-12(2)16(9-11)25-20(30)15-10-17(29)26-19-18(15)21(31)28-22(27-19)24-14-7-5-13(23)6-8-14/h3-9,15H,10H2,1-2H3,(H,25,30)(H3,24,26,27,28,29,31)/t15-/m0/s1. The SMILES string of the molecule is Cc1ccc(C)c(NC(=O)[C@H]2CC(=O)Nc3nc(Nc4ccc(Cl)cc4)[nH]c(=O)c32)c1. The smallest absolute Gasteiger partial charge is 0.258 e. The van der Waals surface area contributed by atoms with Gasteiger partial charge in [-0.3, -0.25) is 19.4 Å². The Morgan fingerprint density at radius 1 is 1.13 bits per heavy atom. The topological polar surface area (TPSA) is 116 Å². The Balaban J connectivity index is 1.65. The number of benzene rings is 2. The van der Waals surface area contributed by atoms with Crippen LogP contribution in [0.1, 0.15) is 29.0 Å². The summed E-state index contributed by atoms with van der Waals surface area (Å²) in [6.45, 7) is 3.79. The van der Waals surface area contributed by atoms with Crippen molar-refractivity contribution in [3.63, 3.8) is 0 Å². The van der Waals surface area contributed by atoms with E-state index in [9.17, 15) is 14.4 Å². The summed E-state index contributed by atoms with van der Waals surface area (Å²) in [5.74, 6) is -1.57. The lowest BCUT2D eigenvalue weighted by molar-refractivity contribution is -0.123. The highest BCUT2D eigenvalue weighted by Gasteiger charge is 2.35. The molecule has 0 aliphatic carbocycles. The minimum atomic E-state index is -0.954. The second kappa shape index (κ2) is 8.23. The van der Waals surface area contributed by atoms with Crippen LogP contribution in [-0.2, 0) is 9.59 Å². The summed E-state index contributed by atoms with van der Waals surface area (Å²) in [6, 6.07) is 12.5. The first-order chi connectivity index (χ1) is 14.8. The highest BCUT2D eigenvalue weighted by Crippen LogP contribution is 2.30. The van der Waals surface area contributed by atoms with Crippen LogP contribution in [0.25, 0.3) is 0 Å². The van der Waals surface area contributed by atoms with Crippen molar-refractivity contribution >= 4 is 46.6 Å². The number of nitrogens with one attached hydrogen (secondary N) is 4. The van der Waals surface area contributed by atoms with E-state index in [1.54, 1.807) is 24.3 Å². The van der Waals surface area contributed by atoms with Gasteiger partial charge in [-0.1, -0.05) is 23.7 Å². The predicted molar refractivity (Wildman–Crippen MR) is 120 cm³/mol. The van der Waals surface area contributed by atoms with Crippen molar-refractivity contribution in [2.24, 2.45) is 0 Å². The zero-order valence-electron chi connectivity index (χ0n) is 16.9. The molecule has 3 aromatic rings. The van der Waals surface area contributed by atoms with Gasteiger partial charge in [0.15, 0.2) is 0 Å². The summed E-state index contributed by atoms with van der Waals surface area (Å²) in [5, 5.41) is 8.96. The van der Waals surface area contributed by atoms with Crippen molar-refractivity contribution in [1.82, 2.24) is 9.97 Å². The number of anilines is 4. The van der Waals surface area contributed by atoms with Crippen LogP contribution in [0.2, 0.25) is 5.02 Å². The minimum absolute atomic E-state index is 0.0672. The van der Waals surface area contributed by atoms with Crippen LogP contribution in [0, 0.1) is 13.8 Å². The molecule has 2 aromatic carbocycles. The summed E-state index contributed by atoms with van der Waals surface area (Å²) < 4.78 is 0. The molecule has 158 valence electrons. The van der Waals surface area contributed by atoms with E-state index in [2.05, 4.69) is 25.9 Å². The van der Waals surface area contributed by atoms with Crippen molar-refractivity contribution in [1.29, 1.82) is 0 Å². The number of aryl methyl sites for hydroxylation is 2. The fraction of sp³-hybridized carbons (Fsp3) is 0.182. The first kappa shape index (κ1) is 20.6. The number of aromatic amines is 1. The Kier molecular flexibility index (Phi) is 5.48. The van der Waals surface area contributed by atoms with Gasteiger partial charge in [-0.15, -0.1) is 0 Å². The van der Waals surface area contributed by atoms with E-state index in [0.717, 1.165) is 11.1 Å². The molecule has 9 heteroatoms. The number of rotatable bonds is 4. The zero-order valence-corrected chi connectivity index (χ0v) is 17.6. The van der Waals surface area contributed by atoms with Gasteiger partial charge in [0.1, 0.15) is 5.82 Å². The number of hydrogen-bond donors (Lipinski definition) is 4. The zero-order chi connectivity index (χ0) is 22.1. The maximum absolute atomic E-state index is 13.0. The molecular weight excluding hydrogens is 418 g/mol. The average molecular weight is 438 g/mol.